The highest BCUT2D eigenvalue weighted by molar-refractivity contribution is 5.73. The van der Waals surface area contributed by atoms with Gasteiger partial charge in [0.05, 0.1) is 30.6 Å². The maximum Gasteiger partial charge on any atom is 0.490 e. The van der Waals surface area contributed by atoms with Crippen molar-refractivity contribution in [3.63, 3.8) is 0 Å². The van der Waals surface area contributed by atoms with Gasteiger partial charge in [0.15, 0.2) is 0 Å². The van der Waals surface area contributed by atoms with Crippen LogP contribution in [0.1, 0.15) is 36.7 Å². The molecule has 2 N–H and O–H groups in total. The van der Waals surface area contributed by atoms with Crippen molar-refractivity contribution < 1.29 is 50.9 Å². The molecule has 1 aliphatic carbocycles. The van der Waals surface area contributed by atoms with E-state index in [0.29, 0.717) is 19.3 Å². The summed E-state index contributed by atoms with van der Waals surface area (Å²) in [5.41, 5.74) is 2.29. The Labute approximate surface area is 201 Å². The van der Waals surface area contributed by atoms with Gasteiger partial charge >= 0.3 is 24.3 Å². The lowest BCUT2D eigenvalue weighted by molar-refractivity contribution is -0.193. The maximum absolute atomic E-state index is 10.6. The van der Waals surface area contributed by atoms with E-state index in [-0.39, 0.29) is 0 Å². The topological polar surface area (TPSA) is 118 Å². The van der Waals surface area contributed by atoms with Crippen molar-refractivity contribution in [3.8, 4) is 0 Å². The van der Waals surface area contributed by atoms with E-state index in [1.54, 1.807) is 0 Å². The molecule has 0 radical (unpaired) electrons. The van der Waals surface area contributed by atoms with Gasteiger partial charge < -0.3 is 14.9 Å². The number of pyridine rings is 1. The van der Waals surface area contributed by atoms with E-state index in [0.717, 1.165) is 24.8 Å². The fourth-order valence-electron chi connectivity index (χ4n) is 3.35. The fraction of sp³-hybridized carbons (Fsp3) is 0.524. The number of ether oxygens (including phenoxy) is 1. The van der Waals surface area contributed by atoms with Gasteiger partial charge in [-0.25, -0.2) is 9.59 Å². The van der Waals surface area contributed by atoms with Crippen molar-refractivity contribution in [2.75, 3.05) is 13.2 Å². The molecule has 1 fully saturated rings. The van der Waals surface area contributed by atoms with Crippen LogP contribution in [0.4, 0.5) is 26.3 Å². The molecule has 2 aromatic heterocycles. The number of nitrogens with zero attached hydrogens (tertiary/aromatic N) is 4. The van der Waals surface area contributed by atoms with Crippen LogP contribution in [0, 0.1) is 0 Å². The number of hydrogen-bond acceptors (Lipinski definition) is 6. The Balaban J connectivity index is 0.000000271. The summed E-state index contributed by atoms with van der Waals surface area (Å²) in [6, 6.07) is 9.13. The smallest absolute Gasteiger partial charge is 0.475 e. The SMILES string of the molecule is O=C(O)C(F)(F)F.O=C(O)C(F)(F)F.c1ccc(COCC2CN(C3CCC3)Cc3ccnn32)nc1. The van der Waals surface area contributed by atoms with E-state index in [2.05, 4.69) is 25.7 Å². The van der Waals surface area contributed by atoms with Crippen LogP contribution < -0.4 is 0 Å². The lowest BCUT2D eigenvalue weighted by Crippen LogP contribution is -2.47. The number of carbonyl (C=O) groups is 2. The van der Waals surface area contributed by atoms with E-state index >= 15 is 0 Å². The van der Waals surface area contributed by atoms with Gasteiger partial charge in [-0.1, -0.05) is 12.5 Å². The number of aromatic nitrogens is 3. The van der Waals surface area contributed by atoms with Crippen LogP contribution >= 0.6 is 0 Å². The summed E-state index contributed by atoms with van der Waals surface area (Å²) in [6.07, 6.45) is -2.39. The van der Waals surface area contributed by atoms with Gasteiger partial charge in [-0.2, -0.15) is 31.4 Å². The lowest BCUT2D eigenvalue weighted by atomic mass is 9.90. The first kappa shape index (κ1) is 29.0. The van der Waals surface area contributed by atoms with E-state index in [9.17, 15) is 26.3 Å². The quantitative estimate of drug-likeness (QED) is 0.567. The Morgan fingerprint density at radius 2 is 1.61 bits per heavy atom. The molecule has 0 spiro atoms. The minimum atomic E-state index is -5.08. The van der Waals surface area contributed by atoms with Gasteiger partial charge in [0.2, 0.25) is 0 Å². The first-order valence-corrected chi connectivity index (χ1v) is 10.6. The summed E-state index contributed by atoms with van der Waals surface area (Å²) in [7, 11) is 0. The average molecular weight is 526 g/mol. The van der Waals surface area contributed by atoms with E-state index < -0.39 is 24.3 Å². The van der Waals surface area contributed by atoms with Gasteiger partial charge in [-0.05, 0) is 31.0 Å². The normalized spacial score (nSPS) is 18.0. The number of hydrogen-bond donors (Lipinski definition) is 2. The Morgan fingerprint density at radius 3 is 2.08 bits per heavy atom. The Bertz CT molecular complexity index is 955. The molecule has 1 saturated carbocycles. The van der Waals surface area contributed by atoms with Gasteiger partial charge in [0.1, 0.15) is 0 Å². The van der Waals surface area contributed by atoms with Crippen molar-refractivity contribution in [2.45, 2.75) is 56.9 Å². The molecule has 2 aliphatic rings. The van der Waals surface area contributed by atoms with Gasteiger partial charge in [-0.3, -0.25) is 14.6 Å². The molecular formula is C21H24F6N4O5. The molecule has 0 amide bonds. The molecule has 36 heavy (non-hydrogen) atoms. The maximum atomic E-state index is 10.6. The van der Waals surface area contributed by atoms with Crippen molar-refractivity contribution >= 4 is 11.9 Å². The van der Waals surface area contributed by atoms with Crippen LogP contribution in [0.25, 0.3) is 0 Å². The first-order chi connectivity index (χ1) is 16.8. The first-order valence-electron chi connectivity index (χ1n) is 10.6. The molecule has 0 saturated heterocycles. The van der Waals surface area contributed by atoms with Crippen molar-refractivity contribution in [2.24, 2.45) is 0 Å². The molecule has 4 rings (SSSR count). The summed E-state index contributed by atoms with van der Waals surface area (Å²) in [5.74, 6) is -5.51. The second-order valence-electron chi connectivity index (χ2n) is 7.88. The summed E-state index contributed by atoms with van der Waals surface area (Å²) < 4.78 is 71.5. The van der Waals surface area contributed by atoms with Crippen LogP contribution in [-0.2, 0) is 27.5 Å². The number of carboxylic acids is 2. The standard InChI is InChI=1S/C17H22N4O.2C2HF3O2/c1-2-8-18-14(4-1)12-22-13-17-11-20(15-5-3-6-15)10-16-7-9-19-21(16)17;2*3-2(4,5)1(6)7/h1-2,4,7-9,15,17H,3,5-6,10-13H2;2*(H,6,7). The largest absolute Gasteiger partial charge is 0.490 e. The van der Waals surface area contributed by atoms with E-state index in [1.165, 1.54) is 25.0 Å². The van der Waals surface area contributed by atoms with Crippen LogP contribution in [0.3, 0.4) is 0 Å². The second-order valence-corrected chi connectivity index (χ2v) is 7.88. The molecule has 0 aromatic carbocycles. The molecule has 3 heterocycles. The second kappa shape index (κ2) is 12.7. The molecule has 200 valence electrons. The van der Waals surface area contributed by atoms with Crippen LogP contribution in [0.5, 0.6) is 0 Å². The number of rotatable bonds is 5. The molecular weight excluding hydrogens is 502 g/mol. The van der Waals surface area contributed by atoms with Crippen molar-refractivity contribution in [1.29, 1.82) is 0 Å². The zero-order chi connectivity index (χ0) is 26.9. The average Bonchev–Trinajstić information content (AvgIpc) is 3.22. The predicted molar refractivity (Wildman–Crippen MR) is 111 cm³/mol. The Hall–Kier alpha value is -3.20. The van der Waals surface area contributed by atoms with Gasteiger partial charge in [-0.15, -0.1) is 0 Å². The highest BCUT2D eigenvalue weighted by Crippen LogP contribution is 2.31. The Kier molecular flexibility index (Phi) is 10.2. The van der Waals surface area contributed by atoms with Gasteiger partial charge in [0, 0.05) is 31.5 Å². The van der Waals surface area contributed by atoms with Crippen LogP contribution in [-0.4, -0.2) is 73.4 Å². The van der Waals surface area contributed by atoms with Crippen molar-refractivity contribution in [1.82, 2.24) is 19.7 Å². The third kappa shape index (κ3) is 9.11. The summed E-state index contributed by atoms with van der Waals surface area (Å²) >= 11 is 0. The minimum absolute atomic E-state index is 0.308. The number of alkyl halides is 6. The molecule has 2 aromatic rings. The van der Waals surface area contributed by atoms with E-state index in [4.69, 9.17) is 24.5 Å². The summed E-state index contributed by atoms with van der Waals surface area (Å²) in [6.45, 7) is 3.33. The molecule has 15 heteroatoms. The third-order valence-corrected chi connectivity index (χ3v) is 5.27. The van der Waals surface area contributed by atoms with Crippen LogP contribution in [0.2, 0.25) is 0 Å². The highest BCUT2D eigenvalue weighted by Gasteiger charge is 2.39. The zero-order valence-corrected chi connectivity index (χ0v) is 18.7. The fourth-order valence-corrected chi connectivity index (χ4v) is 3.35. The third-order valence-electron chi connectivity index (χ3n) is 5.27. The van der Waals surface area contributed by atoms with Crippen LogP contribution in [0.15, 0.2) is 36.7 Å². The number of carboxylic acid groups (broad SMARTS) is 2. The number of fused-ring (bicyclic) bond motifs is 1. The number of aliphatic carboxylic acids is 2. The number of halogens is 6. The van der Waals surface area contributed by atoms with E-state index in [1.807, 2.05) is 30.6 Å². The minimum Gasteiger partial charge on any atom is -0.475 e. The molecule has 9 nitrogen and oxygen atoms in total. The predicted octanol–water partition coefficient (Wildman–Crippen LogP) is 3.67. The monoisotopic (exact) mass is 526 g/mol. The molecule has 1 atom stereocenters. The molecule has 1 aliphatic heterocycles. The summed E-state index contributed by atoms with van der Waals surface area (Å²) in [5, 5.41) is 18.7. The molecule has 0 bridgehead atoms. The highest BCUT2D eigenvalue weighted by atomic mass is 19.4. The Morgan fingerprint density at radius 1 is 1.00 bits per heavy atom. The van der Waals surface area contributed by atoms with Gasteiger partial charge in [0.25, 0.3) is 0 Å². The van der Waals surface area contributed by atoms with Crippen molar-refractivity contribution in [3.05, 3.63) is 48.0 Å². The zero-order valence-electron chi connectivity index (χ0n) is 18.7. The summed E-state index contributed by atoms with van der Waals surface area (Å²) in [4.78, 5) is 24.7. The molecule has 1 unspecified atom stereocenters. The lowest BCUT2D eigenvalue weighted by Gasteiger charge is -2.42.